The first-order valence-corrected chi connectivity index (χ1v) is 11.8. The second-order valence-electron chi connectivity index (χ2n) is 9.14. The number of rotatable bonds is 5. The fraction of sp³-hybridized carbons (Fsp3) is 0.346. The first-order valence-electron chi connectivity index (χ1n) is 11.4. The Morgan fingerprint density at radius 3 is 2.74 bits per heavy atom. The summed E-state index contributed by atoms with van der Waals surface area (Å²) in [6.07, 6.45) is 0.145. The Morgan fingerprint density at radius 2 is 2.03 bits per heavy atom. The third kappa shape index (κ3) is 4.38. The van der Waals surface area contributed by atoms with E-state index in [1.165, 1.54) is 12.1 Å². The molecule has 0 spiro atoms. The van der Waals surface area contributed by atoms with Gasteiger partial charge in [0.15, 0.2) is 5.78 Å². The molecule has 0 unspecified atom stereocenters. The number of Topliss-reactive ketones (excluding diaryl/α,β-unsaturated/α-hetero) is 1. The van der Waals surface area contributed by atoms with Crippen LogP contribution in [0.4, 0.5) is 4.39 Å². The van der Waals surface area contributed by atoms with Crippen molar-refractivity contribution in [1.29, 1.82) is 0 Å². The minimum atomic E-state index is -0.643. The Hall–Kier alpha value is -3.39. The van der Waals surface area contributed by atoms with E-state index < -0.39 is 11.7 Å². The van der Waals surface area contributed by atoms with Gasteiger partial charge in [0.2, 0.25) is 0 Å². The molecule has 7 nitrogen and oxygen atoms in total. The molecular formula is C26H25ClFN3O4. The standard InChI is InChI=1S/C26H25ClFN3O4/c1-14-25(15(2)30(3)29-14)21-8-18(27)4-5-23(21)34-12-16-10-31(11-16)26(33)20-7-17-6-19(32)13-35-24(17)9-22(20)28/h4-5,7-9,16H,6,10-13H2,1-3H3. The second-order valence-corrected chi connectivity index (χ2v) is 9.58. The Labute approximate surface area is 207 Å². The zero-order valence-corrected chi connectivity index (χ0v) is 20.5. The number of aromatic nitrogens is 2. The number of ketones is 1. The van der Waals surface area contributed by atoms with Crippen LogP contribution in [-0.2, 0) is 18.3 Å². The minimum absolute atomic E-state index is 0.0380. The normalized spacial score (nSPS) is 15.5. The molecule has 182 valence electrons. The van der Waals surface area contributed by atoms with E-state index in [0.717, 1.165) is 22.5 Å². The zero-order chi connectivity index (χ0) is 24.9. The highest BCUT2D eigenvalue weighted by molar-refractivity contribution is 6.31. The molecule has 0 radical (unpaired) electrons. The lowest BCUT2D eigenvalue weighted by Crippen LogP contribution is -2.52. The Bertz CT molecular complexity index is 1350. The zero-order valence-electron chi connectivity index (χ0n) is 19.7. The van der Waals surface area contributed by atoms with Crippen molar-refractivity contribution in [3.05, 3.63) is 63.7 Å². The van der Waals surface area contributed by atoms with E-state index >= 15 is 0 Å². The largest absolute Gasteiger partial charge is 0.493 e. The maximum atomic E-state index is 14.6. The predicted molar refractivity (Wildman–Crippen MR) is 129 cm³/mol. The average molecular weight is 498 g/mol. The van der Waals surface area contributed by atoms with Gasteiger partial charge in [-0.15, -0.1) is 0 Å². The van der Waals surface area contributed by atoms with Gasteiger partial charge >= 0.3 is 0 Å². The molecule has 1 aromatic heterocycles. The van der Waals surface area contributed by atoms with Crippen LogP contribution in [0.5, 0.6) is 11.5 Å². The Morgan fingerprint density at radius 1 is 1.26 bits per heavy atom. The van der Waals surface area contributed by atoms with Crippen molar-refractivity contribution in [2.24, 2.45) is 13.0 Å². The number of hydrogen-bond donors (Lipinski definition) is 0. The average Bonchev–Trinajstić information content (AvgIpc) is 3.04. The molecule has 35 heavy (non-hydrogen) atoms. The van der Waals surface area contributed by atoms with Crippen molar-refractivity contribution in [3.63, 3.8) is 0 Å². The molecule has 1 fully saturated rings. The number of nitrogens with zero attached hydrogens (tertiary/aromatic N) is 3. The summed E-state index contributed by atoms with van der Waals surface area (Å²) in [5.41, 5.74) is 4.26. The maximum absolute atomic E-state index is 14.6. The van der Waals surface area contributed by atoms with Gasteiger partial charge in [0, 0.05) is 65.9 Å². The van der Waals surface area contributed by atoms with E-state index in [4.69, 9.17) is 21.1 Å². The molecular weight excluding hydrogens is 473 g/mol. The highest BCUT2D eigenvalue weighted by Crippen LogP contribution is 2.37. The van der Waals surface area contributed by atoms with Gasteiger partial charge in [0.25, 0.3) is 5.91 Å². The monoisotopic (exact) mass is 497 g/mol. The molecule has 3 aromatic rings. The second kappa shape index (κ2) is 9.00. The van der Waals surface area contributed by atoms with Crippen molar-refractivity contribution in [3.8, 4) is 22.6 Å². The van der Waals surface area contributed by atoms with Gasteiger partial charge in [-0.1, -0.05) is 11.6 Å². The van der Waals surface area contributed by atoms with Crippen molar-refractivity contribution in [2.45, 2.75) is 20.3 Å². The van der Waals surface area contributed by atoms with E-state index in [0.29, 0.717) is 41.8 Å². The number of fused-ring (bicyclic) bond motifs is 1. The quantitative estimate of drug-likeness (QED) is 0.529. The lowest BCUT2D eigenvalue weighted by atomic mass is 9.97. The van der Waals surface area contributed by atoms with E-state index in [1.54, 1.807) is 11.0 Å². The SMILES string of the molecule is Cc1nn(C)c(C)c1-c1cc(Cl)ccc1OCC1CN(C(=O)c2cc3c(cc2F)OCC(=O)C3)C1. The number of hydrogen-bond acceptors (Lipinski definition) is 5. The van der Waals surface area contributed by atoms with Crippen molar-refractivity contribution in [1.82, 2.24) is 14.7 Å². The molecule has 0 atom stereocenters. The molecule has 3 heterocycles. The Kier molecular flexibility index (Phi) is 6.01. The molecule has 1 amide bonds. The topological polar surface area (TPSA) is 73.7 Å². The van der Waals surface area contributed by atoms with E-state index in [-0.39, 0.29) is 30.3 Å². The molecule has 0 bridgehead atoms. The summed E-state index contributed by atoms with van der Waals surface area (Å²) < 4.78 is 27.8. The molecule has 5 rings (SSSR count). The van der Waals surface area contributed by atoms with Crippen LogP contribution in [0.25, 0.3) is 11.1 Å². The van der Waals surface area contributed by atoms with Gasteiger partial charge < -0.3 is 14.4 Å². The fourth-order valence-electron chi connectivity index (χ4n) is 4.66. The number of amides is 1. The molecule has 0 saturated carbocycles. The smallest absolute Gasteiger partial charge is 0.256 e. The Balaban J connectivity index is 1.25. The highest BCUT2D eigenvalue weighted by Gasteiger charge is 2.34. The predicted octanol–water partition coefficient (Wildman–Crippen LogP) is 4.15. The minimum Gasteiger partial charge on any atom is -0.493 e. The van der Waals surface area contributed by atoms with E-state index in [9.17, 15) is 14.0 Å². The van der Waals surface area contributed by atoms with Gasteiger partial charge in [-0.3, -0.25) is 14.3 Å². The van der Waals surface area contributed by atoms with Crippen LogP contribution in [0.3, 0.4) is 0 Å². The van der Waals surface area contributed by atoms with Gasteiger partial charge in [-0.25, -0.2) is 4.39 Å². The molecule has 0 N–H and O–H groups in total. The third-order valence-electron chi connectivity index (χ3n) is 6.60. The third-order valence-corrected chi connectivity index (χ3v) is 6.83. The van der Waals surface area contributed by atoms with Gasteiger partial charge in [0.05, 0.1) is 17.9 Å². The van der Waals surface area contributed by atoms with Crippen LogP contribution in [0.2, 0.25) is 5.02 Å². The number of halogens is 2. The van der Waals surface area contributed by atoms with Crippen LogP contribution in [0, 0.1) is 25.6 Å². The number of aryl methyl sites for hydroxylation is 2. The first-order chi connectivity index (χ1) is 16.7. The summed E-state index contributed by atoms with van der Waals surface area (Å²) in [7, 11) is 1.90. The number of benzene rings is 2. The molecule has 2 aliphatic heterocycles. The highest BCUT2D eigenvalue weighted by atomic mass is 35.5. The first kappa shape index (κ1) is 23.4. The van der Waals surface area contributed by atoms with Gasteiger partial charge in [-0.2, -0.15) is 5.10 Å². The van der Waals surface area contributed by atoms with Crippen LogP contribution in [0.15, 0.2) is 30.3 Å². The summed E-state index contributed by atoms with van der Waals surface area (Å²) in [5, 5.41) is 5.10. The maximum Gasteiger partial charge on any atom is 0.256 e. The lowest BCUT2D eigenvalue weighted by Gasteiger charge is -2.39. The summed E-state index contributed by atoms with van der Waals surface area (Å²) in [4.78, 5) is 26.1. The number of likely N-dealkylation sites (tertiary alicyclic amines) is 1. The summed E-state index contributed by atoms with van der Waals surface area (Å²) in [5.74, 6) is 0.00503. The molecule has 2 aromatic carbocycles. The van der Waals surface area contributed by atoms with Crippen LogP contribution < -0.4 is 9.47 Å². The van der Waals surface area contributed by atoms with E-state index in [1.807, 2.05) is 37.7 Å². The molecule has 1 saturated heterocycles. The van der Waals surface area contributed by atoms with Crippen LogP contribution in [0.1, 0.15) is 27.3 Å². The number of carbonyl (C=O) groups is 2. The van der Waals surface area contributed by atoms with Crippen molar-refractivity contribution in [2.75, 3.05) is 26.3 Å². The van der Waals surface area contributed by atoms with Gasteiger partial charge in [0.1, 0.15) is 23.9 Å². The van der Waals surface area contributed by atoms with E-state index in [2.05, 4.69) is 5.10 Å². The van der Waals surface area contributed by atoms with Crippen LogP contribution >= 0.6 is 11.6 Å². The van der Waals surface area contributed by atoms with Crippen molar-refractivity contribution < 1.29 is 23.5 Å². The molecule has 2 aliphatic rings. The fourth-order valence-corrected chi connectivity index (χ4v) is 4.84. The molecule has 9 heteroatoms. The van der Waals surface area contributed by atoms with Crippen LogP contribution in [-0.4, -0.2) is 52.7 Å². The summed E-state index contributed by atoms with van der Waals surface area (Å²) in [6, 6.07) is 8.13. The van der Waals surface area contributed by atoms with Crippen molar-refractivity contribution >= 4 is 23.3 Å². The molecule has 0 aliphatic carbocycles. The summed E-state index contributed by atoms with van der Waals surface area (Å²) >= 11 is 6.27. The number of ether oxygens (including phenoxy) is 2. The van der Waals surface area contributed by atoms with Gasteiger partial charge in [-0.05, 0) is 38.1 Å². The summed E-state index contributed by atoms with van der Waals surface area (Å²) in [6.45, 7) is 5.20. The number of carbonyl (C=O) groups excluding carboxylic acids is 2. The lowest BCUT2D eigenvalue weighted by molar-refractivity contribution is -0.121.